The number of benzene rings is 1. The first-order chi connectivity index (χ1) is 9.60. The van der Waals surface area contributed by atoms with Crippen molar-refractivity contribution in [2.75, 3.05) is 32.1 Å². The van der Waals surface area contributed by atoms with E-state index < -0.39 is 12.1 Å². The summed E-state index contributed by atoms with van der Waals surface area (Å²) in [5.41, 5.74) is 0.620. The van der Waals surface area contributed by atoms with Crippen molar-refractivity contribution >= 4 is 17.7 Å². The molecule has 1 aromatic rings. The highest BCUT2D eigenvalue weighted by atomic mass is 16.5. The second-order valence-electron chi connectivity index (χ2n) is 4.30. The molecule has 2 rings (SSSR count). The SMILES string of the molecule is COc1ccc(NC(=O)N2CCOC(C(=O)O)C2)cc1. The highest BCUT2D eigenvalue weighted by molar-refractivity contribution is 5.90. The van der Waals surface area contributed by atoms with Gasteiger partial charge in [0.15, 0.2) is 6.10 Å². The summed E-state index contributed by atoms with van der Waals surface area (Å²) in [6.07, 6.45) is -0.967. The van der Waals surface area contributed by atoms with E-state index in [9.17, 15) is 9.59 Å². The average Bonchev–Trinajstić information content (AvgIpc) is 2.48. The number of urea groups is 1. The number of amides is 2. The van der Waals surface area contributed by atoms with Crippen LogP contribution in [-0.4, -0.2) is 54.9 Å². The fraction of sp³-hybridized carbons (Fsp3) is 0.385. The molecule has 1 fully saturated rings. The fourth-order valence-electron chi connectivity index (χ4n) is 1.86. The number of rotatable bonds is 3. The van der Waals surface area contributed by atoms with Gasteiger partial charge in [0.2, 0.25) is 0 Å². The van der Waals surface area contributed by atoms with E-state index >= 15 is 0 Å². The van der Waals surface area contributed by atoms with E-state index in [2.05, 4.69) is 5.32 Å². The Kier molecular flexibility index (Phi) is 4.41. The van der Waals surface area contributed by atoms with Gasteiger partial charge in [-0.05, 0) is 24.3 Å². The van der Waals surface area contributed by atoms with Gasteiger partial charge in [-0.25, -0.2) is 9.59 Å². The molecule has 1 aliphatic rings. The topological polar surface area (TPSA) is 88.1 Å². The lowest BCUT2D eigenvalue weighted by molar-refractivity contribution is -0.154. The molecular formula is C13H16N2O5. The van der Waals surface area contributed by atoms with Crippen LogP contribution in [0.5, 0.6) is 5.75 Å². The predicted molar refractivity (Wildman–Crippen MR) is 71.0 cm³/mol. The van der Waals surface area contributed by atoms with Crippen molar-refractivity contribution in [1.82, 2.24) is 4.90 Å². The monoisotopic (exact) mass is 280 g/mol. The molecule has 1 saturated heterocycles. The van der Waals surface area contributed by atoms with Crippen molar-refractivity contribution in [3.8, 4) is 5.75 Å². The molecule has 108 valence electrons. The van der Waals surface area contributed by atoms with E-state index in [1.165, 1.54) is 4.90 Å². The Bertz CT molecular complexity index is 488. The Balaban J connectivity index is 1.95. The zero-order valence-corrected chi connectivity index (χ0v) is 11.0. The van der Waals surface area contributed by atoms with Crippen LogP contribution in [0.25, 0.3) is 0 Å². The molecule has 1 aromatic carbocycles. The van der Waals surface area contributed by atoms with Gasteiger partial charge in [-0.15, -0.1) is 0 Å². The van der Waals surface area contributed by atoms with Gasteiger partial charge in [0, 0.05) is 12.2 Å². The van der Waals surface area contributed by atoms with Gasteiger partial charge in [-0.1, -0.05) is 0 Å². The molecule has 1 aliphatic heterocycles. The highest BCUT2D eigenvalue weighted by Crippen LogP contribution is 2.16. The number of carboxylic acids is 1. The van der Waals surface area contributed by atoms with Crippen molar-refractivity contribution < 1.29 is 24.2 Å². The zero-order chi connectivity index (χ0) is 14.5. The summed E-state index contributed by atoms with van der Waals surface area (Å²) in [6, 6.07) is 6.55. The molecule has 20 heavy (non-hydrogen) atoms. The molecule has 2 N–H and O–H groups in total. The van der Waals surface area contributed by atoms with E-state index in [1.54, 1.807) is 31.4 Å². The Labute approximate surface area is 116 Å². The maximum Gasteiger partial charge on any atom is 0.334 e. The number of carbonyl (C=O) groups is 2. The summed E-state index contributed by atoms with van der Waals surface area (Å²) >= 11 is 0. The molecule has 0 saturated carbocycles. The number of carboxylic acid groups (broad SMARTS) is 1. The summed E-state index contributed by atoms with van der Waals surface area (Å²) in [5, 5.41) is 11.6. The molecule has 1 heterocycles. The molecule has 0 aromatic heterocycles. The minimum Gasteiger partial charge on any atom is -0.497 e. The van der Waals surface area contributed by atoms with Crippen LogP contribution >= 0.6 is 0 Å². The molecular weight excluding hydrogens is 264 g/mol. The number of methoxy groups -OCH3 is 1. The number of anilines is 1. The number of hydrogen-bond acceptors (Lipinski definition) is 4. The van der Waals surface area contributed by atoms with Crippen LogP contribution in [0.3, 0.4) is 0 Å². The van der Waals surface area contributed by atoms with Gasteiger partial charge in [-0.2, -0.15) is 0 Å². The number of nitrogens with one attached hydrogen (secondary N) is 1. The van der Waals surface area contributed by atoms with Gasteiger partial charge >= 0.3 is 12.0 Å². The lowest BCUT2D eigenvalue weighted by Gasteiger charge is -2.30. The molecule has 7 heteroatoms. The maximum atomic E-state index is 12.0. The van der Waals surface area contributed by atoms with Crippen LogP contribution < -0.4 is 10.1 Å². The van der Waals surface area contributed by atoms with Crippen molar-refractivity contribution in [3.63, 3.8) is 0 Å². The van der Waals surface area contributed by atoms with Crippen LogP contribution in [0.2, 0.25) is 0 Å². The smallest absolute Gasteiger partial charge is 0.334 e. The zero-order valence-electron chi connectivity index (χ0n) is 11.0. The number of nitrogens with zero attached hydrogens (tertiary/aromatic N) is 1. The highest BCUT2D eigenvalue weighted by Gasteiger charge is 2.28. The van der Waals surface area contributed by atoms with Crippen molar-refractivity contribution in [1.29, 1.82) is 0 Å². The summed E-state index contributed by atoms with van der Waals surface area (Å²) < 4.78 is 10.1. The minimum atomic E-state index is -1.06. The third kappa shape index (κ3) is 3.39. The summed E-state index contributed by atoms with van der Waals surface area (Å²) in [4.78, 5) is 24.3. The molecule has 0 radical (unpaired) electrons. The maximum absolute atomic E-state index is 12.0. The van der Waals surface area contributed by atoms with E-state index in [-0.39, 0.29) is 19.2 Å². The first-order valence-corrected chi connectivity index (χ1v) is 6.14. The quantitative estimate of drug-likeness (QED) is 0.862. The molecule has 1 atom stereocenters. The predicted octanol–water partition coefficient (Wildman–Crippen LogP) is 1.01. The van der Waals surface area contributed by atoms with E-state index in [0.717, 1.165) is 0 Å². The van der Waals surface area contributed by atoms with E-state index in [1.807, 2.05) is 0 Å². The Morgan fingerprint density at radius 3 is 2.70 bits per heavy atom. The molecule has 0 spiro atoms. The number of aliphatic carboxylic acids is 1. The average molecular weight is 280 g/mol. The summed E-state index contributed by atoms with van der Waals surface area (Å²) in [5.74, 6) is -0.368. The molecule has 1 unspecified atom stereocenters. The second-order valence-corrected chi connectivity index (χ2v) is 4.30. The van der Waals surface area contributed by atoms with Gasteiger partial charge in [-0.3, -0.25) is 0 Å². The molecule has 7 nitrogen and oxygen atoms in total. The van der Waals surface area contributed by atoms with Gasteiger partial charge in [0.1, 0.15) is 5.75 Å². The third-order valence-electron chi connectivity index (χ3n) is 2.97. The van der Waals surface area contributed by atoms with E-state index in [0.29, 0.717) is 18.0 Å². The Morgan fingerprint density at radius 1 is 1.40 bits per heavy atom. The first-order valence-electron chi connectivity index (χ1n) is 6.14. The summed E-state index contributed by atoms with van der Waals surface area (Å²) in [6.45, 7) is 0.621. The van der Waals surface area contributed by atoms with Crippen LogP contribution in [-0.2, 0) is 9.53 Å². The van der Waals surface area contributed by atoms with Gasteiger partial charge < -0.3 is 24.8 Å². The normalized spacial score (nSPS) is 18.4. The number of hydrogen-bond donors (Lipinski definition) is 2. The third-order valence-corrected chi connectivity index (χ3v) is 2.97. The Morgan fingerprint density at radius 2 is 2.10 bits per heavy atom. The van der Waals surface area contributed by atoms with Gasteiger partial charge in [0.25, 0.3) is 0 Å². The lowest BCUT2D eigenvalue weighted by Crippen LogP contribution is -2.49. The van der Waals surface area contributed by atoms with E-state index in [4.69, 9.17) is 14.6 Å². The number of carbonyl (C=O) groups excluding carboxylic acids is 1. The second kappa shape index (κ2) is 6.25. The van der Waals surface area contributed by atoms with Crippen LogP contribution in [0.15, 0.2) is 24.3 Å². The fourth-order valence-corrected chi connectivity index (χ4v) is 1.86. The molecule has 0 aliphatic carbocycles. The van der Waals surface area contributed by atoms with Crippen LogP contribution in [0, 0.1) is 0 Å². The lowest BCUT2D eigenvalue weighted by atomic mass is 10.3. The number of ether oxygens (including phenoxy) is 2. The summed E-state index contributed by atoms with van der Waals surface area (Å²) in [7, 11) is 1.56. The first kappa shape index (κ1) is 14.1. The van der Waals surface area contributed by atoms with Crippen molar-refractivity contribution in [2.24, 2.45) is 0 Å². The molecule has 2 amide bonds. The van der Waals surface area contributed by atoms with Crippen LogP contribution in [0.4, 0.5) is 10.5 Å². The molecule has 0 bridgehead atoms. The minimum absolute atomic E-state index is 0.0390. The number of morpholine rings is 1. The largest absolute Gasteiger partial charge is 0.497 e. The van der Waals surface area contributed by atoms with Crippen LogP contribution in [0.1, 0.15) is 0 Å². The Hall–Kier alpha value is -2.28. The standard InChI is InChI=1S/C13H16N2O5/c1-19-10-4-2-9(3-5-10)14-13(18)15-6-7-20-11(8-15)12(16)17/h2-5,11H,6-8H2,1H3,(H,14,18)(H,16,17). The van der Waals surface area contributed by atoms with Crippen molar-refractivity contribution in [2.45, 2.75) is 6.10 Å². The van der Waals surface area contributed by atoms with Gasteiger partial charge in [0.05, 0.1) is 20.3 Å². The van der Waals surface area contributed by atoms with Crippen molar-refractivity contribution in [3.05, 3.63) is 24.3 Å².